The first-order valence-corrected chi connectivity index (χ1v) is 11.9. The van der Waals surface area contributed by atoms with Crippen LogP contribution in [-0.4, -0.2) is 57.8 Å². The van der Waals surface area contributed by atoms with Gasteiger partial charge in [-0.05, 0) is 43.2 Å². The van der Waals surface area contributed by atoms with Crippen LogP contribution >= 0.6 is 0 Å². The van der Waals surface area contributed by atoms with Gasteiger partial charge in [-0.1, -0.05) is 0 Å². The van der Waals surface area contributed by atoms with Crippen LogP contribution in [0.2, 0.25) is 0 Å². The Kier molecular flexibility index (Phi) is 6.22. The van der Waals surface area contributed by atoms with Crippen LogP contribution in [0.15, 0.2) is 35.3 Å². The second kappa shape index (κ2) is 9.35. The molecule has 188 valence electrons. The molecule has 1 amide bonds. The van der Waals surface area contributed by atoms with E-state index in [9.17, 15) is 23.6 Å². The molecule has 2 fully saturated rings. The maximum absolute atomic E-state index is 13.5. The first kappa shape index (κ1) is 23.9. The van der Waals surface area contributed by atoms with Crippen molar-refractivity contribution in [2.75, 3.05) is 31.6 Å². The van der Waals surface area contributed by atoms with E-state index in [1.807, 2.05) is 0 Å². The molecule has 3 aromatic rings. The summed E-state index contributed by atoms with van der Waals surface area (Å²) >= 11 is 0. The zero-order valence-corrected chi connectivity index (χ0v) is 19.8. The van der Waals surface area contributed by atoms with Crippen molar-refractivity contribution < 1.29 is 18.3 Å². The van der Waals surface area contributed by atoms with Gasteiger partial charge in [0.25, 0.3) is 17.4 Å². The van der Waals surface area contributed by atoms with Crippen molar-refractivity contribution in [2.45, 2.75) is 38.2 Å². The molecule has 0 saturated carbocycles. The number of carbonyl (C=O) groups excluding carboxylic acids is 1. The molecule has 1 aromatic carbocycles. The quantitative estimate of drug-likeness (QED) is 0.568. The number of H-pyrrole nitrogens is 1. The summed E-state index contributed by atoms with van der Waals surface area (Å²) < 4.78 is 34.2. The number of halogens is 2. The van der Waals surface area contributed by atoms with Crippen LogP contribution in [0.25, 0.3) is 10.9 Å². The topological polar surface area (TPSA) is 116 Å². The SMILES string of the molecule is Cc1cc(Nc2nn([C@H]3COCC[C@@H]3C#N)c3cc[nH]c(=O)c23)ccc1C(=O)N1CCC(F)(F)CC1. The Morgan fingerprint density at radius 1 is 1.31 bits per heavy atom. The van der Waals surface area contributed by atoms with Gasteiger partial charge in [0.15, 0.2) is 5.82 Å². The van der Waals surface area contributed by atoms with E-state index in [0.29, 0.717) is 53.2 Å². The molecule has 2 N–H and O–H groups in total. The lowest BCUT2D eigenvalue weighted by molar-refractivity contribution is -0.0494. The number of benzene rings is 1. The standard InChI is InChI=1S/C25H26F2N6O3/c1-15-12-17(2-3-18(15)24(35)32-9-6-25(26,27)7-10-32)30-22-21-19(4-8-29-23(21)34)33(31-22)20-14-36-11-5-16(20)13-28/h2-4,8,12,16,20H,5-7,9-11,14H2,1H3,(H,29,34)(H,30,31)/t16-,20+/m1/s1. The van der Waals surface area contributed by atoms with E-state index in [1.165, 1.54) is 4.90 Å². The number of aromatic nitrogens is 3. The summed E-state index contributed by atoms with van der Waals surface area (Å²) in [5, 5.41) is 17.8. The van der Waals surface area contributed by atoms with Gasteiger partial charge in [0, 0.05) is 50.0 Å². The number of ether oxygens (including phenoxy) is 1. The third-order valence-electron chi connectivity index (χ3n) is 6.94. The second-order valence-corrected chi connectivity index (χ2v) is 9.33. The molecule has 9 nitrogen and oxygen atoms in total. The Hall–Kier alpha value is -3.78. The number of aromatic amines is 1. The Labute approximate surface area is 205 Å². The van der Waals surface area contributed by atoms with Crippen molar-refractivity contribution in [2.24, 2.45) is 5.92 Å². The largest absolute Gasteiger partial charge is 0.379 e. The fourth-order valence-corrected chi connectivity index (χ4v) is 4.88. The summed E-state index contributed by atoms with van der Waals surface area (Å²) in [6.07, 6.45) is 1.46. The highest BCUT2D eigenvalue weighted by molar-refractivity contribution is 5.96. The highest BCUT2D eigenvalue weighted by Crippen LogP contribution is 2.33. The summed E-state index contributed by atoms with van der Waals surface area (Å²) in [7, 11) is 0. The van der Waals surface area contributed by atoms with Gasteiger partial charge in [0.05, 0.1) is 30.2 Å². The fraction of sp³-hybridized carbons (Fsp3) is 0.440. The summed E-state index contributed by atoms with van der Waals surface area (Å²) in [5.41, 5.74) is 1.99. The number of anilines is 2. The number of hydrogen-bond donors (Lipinski definition) is 2. The zero-order chi connectivity index (χ0) is 25.4. The Bertz CT molecular complexity index is 1400. The lowest BCUT2D eigenvalue weighted by Crippen LogP contribution is -2.42. The van der Waals surface area contributed by atoms with Gasteiger partial charge in [0.2, 0.25) is 0 Å². The minimum Gasteiger partial charge on any atom is -0.379 e. The molecule has 0 aliphatic carbocycles. The number of alkyl halides is 2. The van der Waals surface area contributed by atoms with Crippen LogP contribution < -0.4 is 10.9 Å². The minimum atomic E-state index is -2.72. The fourth-order valence-electron chi connectivity index (χ4n) is 4.88. The van der Waals surface area contributed by atoms with Crippen LogP contribution in [0.3, 0.4) is 0 Å². The zero-order valence-electron chi connectivity index (χ0n) is 19.8. The molecule has 11 heteroatoms. The number of carbonyl (C=O) groups is 1. The van der Waals surface area contributed by atoms with E-state index in [2.05, 4.69) is 21.5 Å². The van der Waals surface area contributed by atoms with Crippen LogP contribution in [-0.2, 0) is 4.74 Å². The molecule has 2 aromatic heterocycles. The van der Waals surface area contributed by atoms with Crippen molar-refractivity contribution in [1.29, 1.82) is 5.26 Å². The van der Waals surface area contributed by atoms with Gasteiger partial charge in [-0.25, -0.2) is 8.78 Å². The Balaban J connectivity index is 1.43. The average molecular weight is 497 g/mol. The minimum absolute atomic E-state index is 0.0199. The predicted molar refractivity (Wildman–Crippen MR) is 128 cm³/mol. The molecule has 0 unspecified atom stereocenters. The van der Waals surface area contributed by atoms with E-state index >= 15 is 0 Å². The van der Waals surface area contributed by atoms with Gasteiger partial charge in [-0.15, -0.1) is 0 Å². The molecule has 0 spiro atoms. The number of fused-ring (bicyclic) bond motifs is 1. The van der Waals surface area contributed by atoms with Gasteiger partial charge >= 0.3 is 0 Å². The number of amides is 1. The van der Waals surface area contributed by atoms with Crippen LogP contribution in [0, 0.1) is 24.2 Å². The van der Waals surface area contributed by atoms with E-state index in [4.69, 9.17) is 4.74 Å². The van der Waals surface area contributed by atoms with Crippen molar-refractivity contribution in [3.05, 3.63) is 51.9 Å². The lowest BCUT2D eigenvalue weighted by atomic mass is 9.96. The van der Waals surface area contributed by atoms with E-state index in [-0.39, 0.29) is 49.4 Å². The third-order valence-corrected chi connectivity index (χ3v) is 6.94. The molecular formula is C25H26F2N6O3. The van der Waals surface area contributed by atoms with Crippen LogP contribution in [0.1, 0.15) is 41.2 Å². The van der Waals surface area contributed by atoms with Crippen LogP contribution in [0.4, 0.5) is 20.3 Å². The predicted octanol–water partition coefficient (Wildman–Crippen LogP) is 3.75. The van der Waals surface area contributed by atoms with Crippen molar-refractivity contribution in [3.63, 3.8) is 0 Å². The van der Waals surface area contributed by atoms with Gasteiger partial charge < -0.3 is 19.9 Å². The van der Waals surface area contributed by atoms with E-state index < -0.39 is 5.92 Å². The van der Waals surface area contributed by atoms with Crippen LogP contribution in [0.5, 0.6) is 0 Å². The number of pyridine rings is 1. The number of piperidine rings is 1. The summed E-state index contributed by atoms with van der Waals surface area (Å²) in [5.74, 6) is -2.97. The molecule has 0 radical (unpaired) electrons. The first-order valence-electron chi connectivity index (χ1n) is 11.9. The summed E-state index contributed by atoms with van der Waals surface area (Å²) in [6, 6.07) is 8.84. The Morgan fingerprint density at radius 3 is 2.81 bits per heavy atom. The Morgan fingerprint density at radius 2 is 2.08 bits per heavy atom. The summed E-state index contributed by atoms with van der Waals surface area (Å²) in [4.78, 5) is 29.8. The number of nitrogens with one attached hydrogen (secondary N) is 2. The molecule has 5 rings (SSSR count). The van der Waals surface area contributed by atoms with Gasteiger partial charge in [0.1, 0.15) is 5.39 Å². The molecule has 2 aliphatic heterocycles. The monoisotopic (exact) mass is 496 g/mol. The smallest absolute Gasteiger partial charge is 0.261 e. The number of nitrogens with zero attached hydrogens (tertiary/aromatic N) is 4. The number of nitriles is 1. The normalized spacial score (nSPS) is 21.8. The highest BCUT2D eigenvalue weighted by atomic mass is 19.3. The van der Waals surface area contributed by atoms with Gasteiger partial charge in [-0.2, -0.15) is 10.4 Å². The van der Waals surface area contributed by atoms with Gasteiger partial charge in [-0.3, -0.25) is 14.3 Å². The van der Waals surface area contributed by atoms with Crippen molar-refractivity contribution >= 4 is 28.3 Å². The van der Waals surface area contributed by atoms with E-state index in [0.717, 1.165) is 0 Å². The molecule has 2 atom stereocenters. The maximum Gasteiger partial charge on any atom is 0.261 e. The molecule has 2 aliphatic rings. The van der Waals surface area contributed by atoms with Crippen molar-refractivity contribution in [1.82, 2.24) is 19.7 Å². The number of rotatable bonds is 4. The molecular weight excluding hydrogens is 470 g/mol. The van der Waals surface area contributed by atoms with Crippen molar-refractivity contribution in [3.8, 4) is 6.07 Å². The maximum atomic E-state index is 13.5. The third kappa shape index (κ3) is 4.44. The number of likely N-dealkylation sites (tertiary alicyclic amines) is 1. The molecule has 36 heavy (non-hydrogen) atoms. The molecule has 0 bridgehead atoms. The van der Waals surface area contributed by atoms with E-state index in [1.54, 1.807) is 42.1 Å². The molecule has 4 heterocycles. The summed E-state index contributed by atoms with van der Waals surface area (Å²) in [6.45, 7) is 2.64. The second-order valence-electron chi connectivity index (χ2n) is 9.33. The lowest BCUT2D eigenvalue weighted by Gasteiger charge is -2.32. The number of hydrogen-bond acceptors (Lipinski definition) is 6. The molecule has 2 saturated heterocycles. The number of aryl methyl sites for hydroxylation is 1. The highest BCUT2D eigenvalue weighted by Gasteiger charge is 2.36. The first-order chi connectivity index (χ1) is 17.3. The average Bonchev–Trinajstić information content (AvgIpc) is 3.23.